The van der Waals surface area contributed by atoms with Crippen molar-refractivity contribution in [2.45, 2.75) is 51.5 Å². The number of hydrogen-bond donors (Lipinski definition) is 1. The number of rotatable bonds is 6. The van der Waals surface area contributed by atoms with Crippen molar-refractivity contribution in [1.29, 1.82) is 0 Å². The SMILES string of the molecule is CNc1cncc([C@@H]2CCCN2C(=O)CCc2nc(C(C)C)no2)n1. The van der Waals surface area contributed by atoms with Crippen LogP contribution in [0, 0.1) is 0 Å². The fraction of sp³-hybridized carbons (Fsp3) is 0.588. The lowest BCUT2D eigenvalue weighted by Gasteiger charge is -2.24. The fourth-order valence-electron chi connectivity index (χ4n) is 3.00. The maximum atomic E-state index is 12.7. The number of aryl methyl sites for hydroxylation is 1. The molecule has 3 heterocycles. The summed E-state index contributed by atoms with van der Waals surface area (Å²) in [5.41, 5.74) is 0.831. The molecule has 0 radical (unpaired) electrons. The molecular weight excluding hydrogens is 320 g/mol. The van der Waals surface area contributed by atoms with Crippen LogP contribution in [0.1, 0.15) is 62.5 Å². The molecule has 0 aliphatic carbocycles. The predicted molar refractivity (Wildman–Crippen MR) is 92.0 cm³/mol. The molecule has 0 aromatic carbocycles. The molecule has 1 atom stereocenters. The summed E-state index contributed by atoms with van der Waals surface area (Å²) >= 11 is 0. The molecule has 0 bridgehead atoms. The second kappa shape index (κ2) is 7.58. The van der Waals surface area contributed by atoms with E-state index in [2.05, 4.69) is 25.4 Å². The minimum absolute atomic E-state index is 0.0118. The third-order valence-electron chi connectivity index (χ3n) is 4.38. The van der Waals surface area contributed by atoms with Gasteiger partial charge in [-0.15, -0.1) is 0 Å². The van der Waals surface area contributed by atoms with Crippen molar-refractivity contribution in [3.63, 3.8) is 0 Å². The summed E-state index contributed by atoms with van der Waals surface area (Å²) in [5.74, 6) is 2.21. The van der Waals surface area contributed by atoms with Gasteiger partial charge in [-0.25, -0.2) is 4.98 Å². The van der Waals surface area contributed by atoms with Gasteiger partial charge in [-0.1, -0.05) is 19.0 Å². The highest BCUT2D eigenvalue weighted by molar-refractivity contribution is 5.77. The van der Waals surface area contributed by atoms with Crippen LogP contribution >= 0.6 is 0 Å². The molecule has 1 saturated heterocycles. The molecule has 25 heavy (non-hydrogen) atoms. The summed E-state index contributed by atoms with van der Waals surface area (Å²) < 4.78 is 5.22. The van der Waals surface area contributed by atoms with Gasteiger partial charge in [0.15, 0.2) is 5.82 Å². The molecule has 8 nitrogen and oxygen atoms in total. The first kappa shape index (κ1) is 17.3. The average molecular weight is 344 g/mol. The summed E-state index contributed by atoms with van der Waals surface area (Å²) in [6.45, 7) is 4.76. The number of nitrogens with zero attached hydrogens (tertiary/aromatic N) is 5. The predicted octanol–water partition coefficient (Wildman–Crippen LogP) is 2.32. The first-order valence-electron chi connectivity index (χ1n) is 8.70. The third-order valence-corrected chi connectivity index (χ3v) is 4.38. The average Bonchev–Trinajstić information content (AvgIpc) is 3.29. The number of hydrogen-bond acceptors (Lipinski definition) is 7. The number of aromatic nitrogens is 4. The van der Waals surface area contributed by atoms with Crippen molar-refractivity contribution in [3.8, 4) is 0 Å². The summed E-state index contributed by atoms with van der Waals surface area (Å²) in [4.78, 5) is 27.6. The van der Waals surface area contributed by atoms with Crippen LogP contribution in [-0.2, 0) is 11.2 Å². The number of nitrogens with one attached hydrogen (secondary N) is 1. The zero-order valence-electron chi connectivity index (χ0n) is 14.9. The maximum absolute atomic E-state index is 12.7. The molecule has 1 N–H and O–H groups in total. The van der Waals surface area contributed by atoms with Crippen molar-refractivity contribution in [3.05, 3.63) is 29.8 Å². The molecule has 1 amide bonds. The van der Waals surface area contributed by atoms with Crippen LogP contribution in [0.2, 0.25) is 0 Å². The Morgan fingerprint density at radius 1 is 1.40 bits per heavy atom. The topological polar surface area (TPSA) is 97.0 Å². The highest BCUT2D eigenvalue weighted by Crippen LogP contribution is 2.31. The summed E-state index contributed by atoms with van der Waals surface area (Å²) in [6.07, 6.45) is 6.11. The summed E-state index contributed by atoms with van der Waals surface area (Å²) in [7, 11) is 1.81. The quantitative estimate of drug-likeness (QED) is 0.859. The lowest BCUT2D eigenvalue weighted by molar-refractivity contribution is -0.132. The molecule has 2 aromatic rings. The van der Waals surface area contributed by atoms with Crippen LogP contribution in [0.3, 0.4) is 0 Å². The van der Waals surface area contributed by atoms with Gasteiger partial charge in [-0.2, -0.15) is 4.98 Å². The smallest absolute Gasteiger partial charge is 0.227 e. The maximum Gasteiger partial charge on any atom is 0.227 e. The minimum atomic E-state index is -0.0118. The second-order valence-electron chi connectivity index (χ2n) is 6.53. The minimum Gasteiger partial charge on any atom is -0.372 e. The second-order valence-corrected chi connectivity index (χ2v) is 6.53. The monoisotopic (exact) mass is 344 g/mol. The lowest BCUT2D eigenvalue weighted by atomic mass is 10.1. The summed E-state index contributed by atoms with van der Waals surface area (Å²) in [6, 6.07) is -0.0118. The Kier molecular flexibility index (Phi) is 5.25. The van der Waals surface area contributed by atoms with Gasteiger partial charge in [-0.05, 0) is 12.8 Å². The van der Waals surface area contributed by atoms with E-state index >= 15 is 0 Å². The Morgan fingerprint density at radius 3 is 2.96 bits per heavy atom. The molecule has 2 aromatic heterocycles. The molecule has 8 heteroatoms. The Hall–Kier alpha value is -2.51. The van der Waals surface area contributed by atoms with Crippen LogP contribution in [0.25, 0.3) is 0 Å². The van der Waals surface area contributed by atoms with Gasteiger partial charge in [0.2, 0.25) is 11.8 Å². The first-order chi connectivity index (χ1) is 12.1. The van der Waals surface area contributed by atoms with E-state index in [4.69, 9.17) is 4.52 Å². The standard InChI is InChI=1S/C17H24N6O2/c1-11(2)17-21-15(25-22-17)6-7-16(24)23-8-4-5-13(23)12-9-19-10-14(18-3)20-12/h9-11,13H,4-8H2,1-3H3,(H,18,20)/t13-/m0/s1. The molecule has 1 fully saturated rings. The Labute approximate surface area is 147 Å². The van der Waals surface area contributed by atoms with E-state index in [1.54, 1.807) is 19.4 Å². The van der Waals surface area contributed by atoms with Crippen molar-refractivity contribution >= 4 is 11.7 Å². The zero-order valence-corrected chi connectivity index (χ0v) is 14.9. The van der Waals surface area contributed by atoms with Crippen molar-refractivity contribution in [2.75, 3.05) is 18.9 Å². The number of anilines is 1. The Morgan fingerprint density at radius 2 is 2.24 bits per heavy atom. The number of amides is 1. The van der Waals surface area contributed by atoms with Crippen LogP contribution in [0.4, 0.5) is 5.82 Å². The van der Waals surface area contributed by atoms with E-state index in [-0.39, 0.29) is 17.9 Å². The molecule has 1 aliphatic rings. The lowest BCUT2D eigenvalue weighted by Crippen LogP contribution is -2.31. The highest BCUT2D eigenvalue weighted by atomic mass is 16.5. The number of likely N-dealkylation sites (tertiary alicyclic amines) is 1. The van der Waals surface area contributed by atoms with Crippen molar-refractivity contribution < 1.29 is 9.32 Å². The molecule has 0 unspecified atom stereocenters. The molecule has 0 spiro atoms. The van der Waals surface area contributed by atoms with E-state index in [9.17, 15) is 4.79 Å². The van der Waals surface area contributed by atoms with Gasteiger partial charge in [0.25, 0.3) is 0 Å². The van der Waals surface area contributed by atoms with Crippen molar-refractivity contribution in [1.82, 2.24) is 25.0 Å². The molecule has 134 valence electrons. The van der Waals surface area contributed by atoms with Crippen molar-refractivity contribution in [2.24, 2.45) is 0 Å². The molecule has 3 rings (SSSR count). The van der Waals surface area contributed by atoms with Crippen LogP contribution in [0.5, 0.6) is 0 Å². The normalized spacial score (nSPS) is 17.3. The fourth-order valence-corrected chi connectivity index (χ4v) is 3.00. The van der Waals surface area contributed by atoms with E-state index in [0.717, 1.165) is 25.1 Å². The Balaban J connectivity index is 1.63. The first-order valence-corrected chi connectivity index (χ1v) is 8.70. The molecular formula is C17H24N6O2. The number of carbonyl (C=O) groups is 1. The van der Waals surface area contributed by atoms with E-state index in [0.29, 0.717) is 30.4 Å². The molecule has 0 saturated carbocycles. The molecule has 1 aliphatic heterocycles. The van der Waals surface area contributed by atoms with Crippen LogP contribution in [0.15, 0.2) is 16.9 Å². The largest absolute Gasteiger partial charge is 0.372 e. The van der Waals surface area contributed by atoms with Gasteiger partial charge < -0.3 is 14.7 Å². The summed E-state index contributed by atoms with van der Waals surface area (Å²) in [5, 5.41) is 6.92. The third kappa shape index (κ3) is 3.94. The van der Waals surface area contributed by atoms with Gasteiger partial charge in [0.05, 0.1) is 24.1 Å². The van der Waals surface area contributed by atoms with Crippen LogP contribution < -0.4 is 5.32 Å². The zero-order chi connectivity index (χ0) is 17.8. The van der Waals surface area contributed by atoms with Gasteiger partial charge in [0, 0.05) is 32.4 Å². The van der Waals surface area contributed by atoms with E-state index in [1.165, 1.54) is 0 Å². The van der Waals surface area contributed by atoms with E-state index in [1.807, 2.05) is 18.7 Å². The van der Waals surface area contributed by atoms with E-state index < -0.39 is 0 Å². The van der Waals surface area contributed by atoms with Gasteiger partial charge in [0.1, 0.15) is 5.82 Å². The van der Waals surface area contributed by atoms with Gasteiger partial charge >= 0.3 is 0 Å². The Bertz CT molecular complexity index is 729. The number of carbonyl (C=O) groups excluding carboxylic acids is 1. The van der Waals surface area contributed by atoms with Crippen LogP contribution in [-0.4, -0.2) is 44.5 Å². The highest BCUT2D eigenvalue weighted by Gasteiger charge is 2.31. The van der Waals surface area contributed by atoms with Gasteiger partial charge in [-0.3, -0.25) is 9.78 Å².